The lowest BCUT2D eigenvalue weighted by Crippen LogP contribution is -2.45. The first kappa shape index (κ1) is 71.3. The van der Waals surface area contributed by atoms with Crippen LogP contribution in [0.15, 0.2) is 97.2 Å². The van der Waals surface area contributed by atoms with Crippen molar-refractivity contribution >= 4 is 5.91 Å². The molecule has 428 valence electrons. The number of hydrogen-bond donors (Lipinski definition) is 3. The second kappa shape index (κ2) is 64.6. The Kier molecular flexibility index (Phi) is 62.2. The van der Waals surface area contributed by atoms with Gasteiger partial charge in [0.05, 0.1) is 18.8 Å². The Bertz CT molecular complexity index is 1350. The predicted octanol–water partition coefficient (Wildman–Crippen LogP) is 22.0. The number of amides is 1. The van der Waals surface area contributed by atoms with Crippen molar-refractivity contribution in [3.8, 4) is 0 Å². The SMILES string of the molecule is CC/C=C\C/C=C\C/C=C\C/C=C\C/C=C\C/C=C\CCCCCCCCCCCCC(=O)NC(CO)C(O)/C=C/CC/C=C/CCCCCCCCCCCCCCCCCCCCCCCCCCCCC. The average Bonchev–Trinajstić information content (AvgIpc) is 3.40. The maximum absolute atomic E-state index is 12.5. The van der Waals surface area contributed by atoms with E-state index in [4.69, 9.17) is 0 Å². The number of hydrogen-bond acceptors (Lipinski definition) is 3. The number of carbonyl (C=O) groups excluding carboxylic acids is 1. The van der Waals surface area contributed by atoms with Crippen LogP contribution in [0.25, 0.3) is 0 Å². The van der Waals surface area contributed by atoms with Gasteiger partial charge in [-0.05, 0) is 83.5 Å². The highest BCUT2D eigenvalue weighted by atomic mass is 16.3. The fraction of sp³-hybridized carbons (Fsp3) is 0.757. The summed E-state index contributed by atoms with van der Waals surface area (Å²) in [6.45, 7) is 4.21. The molecule has 2 atom stereocenters. The summed E-state index contributed by atoms with van der Waals surface area (Å²) in [6, 6.07) is -0.650. The van der Waals surface area contributed by atoms with Crippen LogP contribution in [0.3, 0.4) is 0 Å². The van der Waals surface area contributed by atoms with Crippen molar-refractivity contribution < 1.29 is 15.0 Å². The number of nitrogens with one attached hydrogen (secondary N) is 1. The van der Waals surface area contributed by atoms with Gasteiger partial charge in [0.25, 0.3) is 0 Å². The molecular weight excluding hydrogens is 903 g/mol. The van der Waals surface area contributed by atoms with Crippen molar-refractivity contribution in [3.05, 3.63) is 97.2 Å². The van der Waals surface area contributed by atoms with E-state index in [0.29, 0.717) is 6.42 Å². The van der Waals surface area contributed by atoms with Crippen molar-refractivity contribution in [2.24, 2.45) is 0 Å². The fourth-order valence-corrected chi connectivity index (χ4v) is 9.67. The second-order valence-electron chi connectivity index (χ2n) is 21.8. The lowest BCUT2D eigenvalue weighted by molar-refractivity contribution is -0.123. The van der Waals surface area contributed by atoms with Gasteiger partial charge in [0.2, 0.25) is 5.91 Å². The van der Waals surface area contributed by atoms with Gasteiger partial charge in [-0.25, -0.2) is 0 Å². The lowest BCUT2D eigenvalue weighted by atomic mass is 10.0. The van der Waals surface area contributed by atoms with Crippen LogP contribution in [0.4, 0.5) is 0 Å². The van der Waals surface area contributed by atoms with Crippen molar-refractivity contribution in [1.82, 2.24) is 5.32 Å². The Morgan fingerprint density at radius 2 is 0.608 bits per heavy atom. The second-order valence-corrected chi connectivity index (χ2v) is 21.8. The molecule has 0 heterocycles. The number of carbonyl (C=O) groups is 1. The zero-order chi connectivity index (χ0) is 53.4. The smallest absolute Gasteiger partial charge is 0.220 e. The van der Waals surface area contributed by atoms with Gasteiger partial charge in [-0.3, -0.25) is 4.79 Å². The normalized spacial score (nSPS) is 13.4. The molecule has 1 amide bonds. The minimum atomic E-state index is -0.872. The van der Waals surface area contributed by atoms with Crippen LogP contribution in [0.2, 0.25) is 0 Å². The van der Waals surface area contributed by atoms with Gasteiger partial charge in [-0.15, -0.1) is 0 Å². The molecule has 0 aliphatic rings. The molecule has 0 bridgehead atoms. The van der Waals surface area contributed by atoms with E-state index in [1.807, 2.05) is 6.08 Å². The molecule has 0 saturated heterocycles. The van der Waals surface area contributed by atoms with Crippen LogP contribution in [-0.4, -0.2) is 34.9 Å². The first-order chi connectivity index (χ1) is 36.7. The van der Waals surface area contributed by atoms with E-state index in [1.54, 1.807) is 6.08 Å². The third-order valence-electron chi connectivity index (χ3n) is 14.6. The van der Waals surface area contributed by atoms with E-state index in [0.717, 1.165) is 70.6 Å². The molecule has 0 rings (SSSR count). The number of aliphatic hydroxyl groups is 2. The minimum absolute atomic E-state index is 0.0790. The van der Waals surface area contributed by atoms with E-state index in [2.05, 4.69) is 104 Å². The highest BCUT2D eigenvalue weighted by Gasteiger charge is 2.18. The molecular formula is C70H125NO3. The van der Waals surface area contributed by atoms with Gasteiger partial charge in [-0.2, -0.15) is 0 Å². The summed E-state index contributed by atoms with van der Waals surface area (Å²) in [7, 11) is 0. The highest BCUT2D eigenvalue weighted by molar-refractivity contribution is 5.76. The Morgan fingerprint density at radius 3 is 0.946 bits per heavy atom. The topological polar surface area (TPSA) is 69.6 Å². The number of aliphatic hydroxyl groups excluding tert-OH is 2. The van der Waals surface area contributed by atoms with Gasteiger partial charge >= 0.3 is 0 Å². The number of rotatable bonds is 59. The van der Waals surface area contributed by atoms with Crippen LogP contribution in [0, 0.1) is 0 Å². The van der Waals surface area contributed by atoms with Crippen molar-refractivity contribution in [3.63, 3.8) is 0 Å². The van der Waals surface area contributed by atoms with Crippen LogP contribution in [0.5, 0.6) is 0 Å². The molecule has 3 N–H and O–H groups in total. The summed E-state index contributed by atoms with van der Waals surface area (Å²) in [5.74, 6) is -0.0790. The molecule has 0 aromatic heterocycles. The van der Waals surface area contributed by atoms with E-state index in [9.17, 15) is 15.0 Å². The van der Waals surface area contributed by atoms with Gasteiger partial charge in [0, 0.05) is 6.42 Å². The van der Waals surface area contributed by atoms with Gasteiger partial charge < -0.3 is 15.5 Å². The molecule has 0 aromatic rings. The van der Waals surface area contributed by atoms with E-state index >= 15 is 0 Å². The molecule has 0 radical (unpaired) electrons. The lowest BCUT2D eigenvalue weighted by Gasteiger charge is -2.19. The molecule has 4 nitrogen and oxygen atoms in total. The van der Waals surface area contributed by atoms with E-state index in [1.165, 1.54) is 231 Å². The maximum Gasteiger partial charge on any atom is 0.220 e. The van der Waals surface area contributed by atoms with Crippen molar-refractivity contribution in [2.45, 2.75) is 334 Å². The zero-order valence-corrected chi connectivity index (χ0v) is 49.3. The van der Waals surface area contributed by atoms with E-state index in [-0.39, 0.29) is 12.5 Å². The molecule has 0 saturated carbocycles. The van der Waals surface area contributed by atoms with Gasteiger partial charge in [-0.1, -0.05) is 329 Å². The van der Waals surface area contributed by atoms with Crippen molar-refractivity contribution in [2.75, 3.05) is 6.61 Å². The third kappa shape index (κ3) is 60.2. The Morgan fingerprint density at radius 1 is 0.338 bits per heavy atom. The Balaban J connectivity index is 3.53. The number of unbranched alkanes of at least 4 members (excludes halogenated alkanes) is 38. The average molecular weight is 1030 g/mol. The van der Waals surface area contributed by atoms with Crippen LogP contribution in [-0.2, 0) is 4.79 Å². The van der Waals surface area contributed by atoms with Crippen LogP contribution < -0.4 is 5.32 Å². The predicted molar refractivity (Wildman–Crippen MR) is 331 cm³/mol. The number of allylic oxidation sites excluding steroid dienone is 15. The summed E-state index contributed by atoms with van der Waals surface area (Å²) >= 11 is 0. The quantitative estimate of drug-likeness (QED) is 0.0420. The molecule has 4 heteroatoms. The third-order valence-corrected chi connectivity index (χ3v) is 14.6. The standard InChI is InChI=1S/C70H125NO3/c1-3-5-7-9-11-13-15-17-19-21-23-25-27-29-31-33-34-35-36-38-39-41-43-45-47-49-51-53-55-57-59-61-63-65-69(73)68(67-72)71-70(74)66-64-62-60-58-56-54-52-50-48-46-44-42-40-37-32-30-28-26-24-22-20-18-16-14-12-10-8-6-4-2/h6,8,12,14,18,20,24,26,30,32,40,42,55,57,63,65,68-69,72-73H,3-5,7,9-11,13,15-17,19,21-23,25,27-29,31,33-39,41,43-54,56,58-62,64,66-67H2,1-2H3,(H,71,74)/b8-6-,14-12-,20-18-,26-24-,32-30-,42-40-,57-55+,65-63+. The molecule has 74 heavy (non-hydrogen) atoms. The van der Waals surface area contributed by atoms with Crippen molar-refractivity contribution in [1.29, 1.82) is 0 Å². The summed E-state index contributed by atoms with van der Waals surface area (Å²) in [6.07, 6.45) is 96.1. The molecule has 0 aliphatic carbocycles. The summed E-state index contributed by atoms with van der Waals surface area (Å²) in [5, 5.41) is 23.2. The summed E-state index contributed by atoms with van der Waals surface area (Å²) in [4.78, 5) is 12.5. The summed E-state index contributed by atoms with van der Waals surface area (Å²) in [5.41, 5.74) is 0. The Labute approximate surface area is 462 Å². The van der Waals surface area contributed by atoms with Gasteiger partial charge in [0.1, 0.15) is 0 Å². The first-order valence-electron chi connectivity index (χ1n) is 32.5. The van der Waals surface area contributed by atoms with Crippen LogP contribution in [0.1, 0.15) is 322 Å². The highest BCUT2D eigenvalue weighted by Crippen LogP contribution is 2.17. The molecule has 2 unspecified atom stereocenters. The molecule has 0 aliphatic heterocycles. The van der Waals surface area contributed by atoms with E-state index < -0.39 is 12.1 Å². The summed E-state index contributed by atoms with van der Waals surface area (Å²) < 4.78 is 0. The molecule has 0 fully saturated rings. The first-order valence-corrected chi connectivity index (χ1v) is 32.5. The van der Waals surface area contributed by atoms with Gasteiger partial charge in [0.15, 0.2) is 0 Å². The van der Waals surface area contributed by atoms with Crippen LogP contribution >= 0.6 is 0 Å². The largest absolute Gasteiger partial charge is 0.394 e. The fourth-order valence-electron chi connectivity index (χ4n) is 9.67. The monoisotopic (exact) mass is 1030 g/mol. The molecule has 0 aromatic carbocycles. The Hall–Kier alpha value is -2.69. The molecule has 0 spiro atoms. The maximum atomic E-state index is 12.5. The minimum Gasteiger partial charge on any atom is -0.394 e. The zero-order valence-electron chi connectivity index (χ0n) is 49.3.